The highest BCUT2D eigenvalue weighted by atomic mass is 16.5. The fourth-order valence-corrected chi connectivity index (χ4v) is 2.79. The zero-order valence-electron chi connectivity index (χ0n) is 14.3. The maximum absolute atomic E-state index is 10.7. The Morgan fingerprint density at radius 2 is 1.62 bits per heavy atom. The van der Waals surface area contributed by atoms with Gasteiger partial charge in [-0.3, -0.25) is 4.79 Å². The molecular formula is C20H25NO3. The normalized spacial score (nSPS) is 14.4. The molecule has 0 radical (unpaired) electrons. The molecule has 1 aliphatic heterocycles. The number of methoxy groups -OCH3 is 1. The van der Waals surface area contributed by atoms with Crippen molar-refractivity contribution in [3.63, 3.8) is 0 Å². The van der Waals surface area contributed by atoms with Crippen molar-refractivity contribution < 1.29 is 14.3 Å². The van der Waals surface area contributed by atoms with Crippen LogP contribution in [0.2, 0.25) is 0 Å². The van der Waals surface area contributed by atoms with Crippen LogP contribution in [-0.2, 0) is 4.74 Å². The Kier molecular flexibility index (Phi) is 7.46. The lowest BCUT2D eigenvalue weighted by molar-refractivity contribution is 0.112. The van der Waals surface area contributed by atoms with Gasteiger partial charge in [0.2, 0.25) is 0 Å². The fraction of sp³-hybridized carbons (Fsp3) is 0.350. The van der Waals surface area contributed by atoms with Crippen molar-refractivity contribution in [1.82, 2.24) is 5.32 Å². The van der Waals surface area contributed by atoms with Crippen LogP contribution in [0.3, 0.4) is 0 Å². The summed E-state index contributed by atoms with van der Waals surface area (Å²) in [6, 6.07) is 15.5. The number of nitrogens with one attached hydrogen (secondary N) is 1. The van der Waals surface area contributed by atoms with E-state index in [1.807, 2.05) is 24.3 Å². The lowest BCUT2D eigenvalue weighted by Crippen LogP contribution is -2.26. The molecule has 4 heteroatoms. The van der Waals surface area contributed by atoms with E-state index >= 15 is 0 Å². The molecule has 24 heavy (non-hydrogen) atoms. The van der Waals surface area contributed by atoms with E-state index in [0.717, 1.165) is 43.7 Å². The van der Waals surface area contributed by atoms with Gasteiger partial charge in [0, 0.05) is 19.8 Å². The van der Waals surface area contributed by atoms with E-state index in [0.29, 0.717) is 11.5 Å². The SMILES string of the molecule is COC.O=Cc1ccc(Oc2ccccc2C2CCNCC2)cc1. The summed E-state index contributed by atoms with van der Waals surface area (Å²) in [5, 5.41) is 3.39. The molecule has 3 rings (SSSR count). The van der Waals surface area contributed by atoms with E-state index < -0.39 is 0 Å². The fourth-order valence-electron chi connectivity index (χ4n) is 2.79. The van der Waals surface area contributed by atoms with Gasteiger partial charge in [-0.05, 0) is 67.7 Å². The predicted octanol–water partition coefficient (Wildman–Crippen LogP) is 4.02. The van der Waals surface area contributed by atoms with Crippen molar-refractivity contribution >= 4 is 6.29 Å². The lowest BCUT2D eigenvalue weighted by atomic mass is 9.89. The van der Waals surface area contributed by atoms with Crippen LogP contribution in [0, 0.1) is 0 Å². The molecule has 0 atom stereocenters. The van der Waals surface area contributed by atoms with Gasteiger partial charge in [-0.15, -0.1) is 0 Å². The molecule has 4 nitrogen and oxygen atoms in total. The maximum Gasteiger partial charge on any atom is 0.150 e. The summed E-state index contributed by atoms with van der Waals surface area (Å²) in [5.74, 6) is 2.24. The summed E-state index contributed by atoms with van der Waals surface area (Å²) in [7, 11) is 3.25. The molecule has 2 aromatic rings. The summed E-state index contributed by atoms with van der Waals surface area (Å²) in [5.41, 5.74) is 1.94. The van der Waals surface area contributed by atoms with Gasteiger partial charge in [0.1, 0.15) is 17.8 Å². The van der Waals surface area contributed by atoms with Crippen molar-refractivity contribution in [3.05, 3.63) is 59.7 Å². The highest BCUT2D eigenvalue weighted by molar-refractivity contribution is 5.74. The molecule has 0 bridgehead atoms. The predicted molar refractivity (Wildman–Crippen MR) is 96.1 cm³/mol. The van der Waals surface area contributed by atoms with E-state index in [2.05, 4.69) is 22.2 Å². The number of benzene rings is 2. The minimum absolute atomic E-state index is 0.552. The molecule has 0 aliphatic carbocycles. The third-order valence-electron chi connectivity index (χ3n) is 3.94. The van der Waals surface area contributed by atoms with E-state index in [4.69, 9.17) is 4.74 Å². The quantitative estimate of drug-likeness (QED) is 0.862. The topological polar surface area (TPSA) is 47.6 Å². The summed E-state index contributed by atoms with van der Waals surface area (Å²) in [4.78, 5) is 10.7. The van der Waals surface area contributed by atoms with Gasteiger partial charge in [-0.2, -0.15) is 0 Å². The Bertz CT molecular complexity index is 619. The molecule has 0 saturated carbocycles. The molecule has 1 saturated heterocycles. The first-order chi connectivity index (χ1) is 11.8. The second-order valence-corrected chi connectivity index (χ2v) is 5.76. The van der Waals surface area contributed by atoms with Gasteiger partial charge in [0.25, 0.3) is 0 Å². The molecule has 0 aromatic heterocycles. The van der Waals surface area contributed by atoms with Gasteiger partial charge >= 0.3 is 0 Å². The zero-order valence-corrected chi connectivity index (χ0v) is 14.3. The highest BCUT2D eigenvalue weighted by Crippen LogP contribution is 2.34. The molecule has 0 unspecified atom stereocenters. The number of aldehydes is 1. The zero-order chi connectivity index (χ0) is 17.2. The molecule has 1 aliphatic rings. The van der Waals surface area contributed by atoms with Crippen molar-refractivity contribution in [3.8, 4) is 11.5 Å². The van der Waals surface area contributed by atoms with Crippen LogP contribution < -0.4 is 10.1 Å². The van der Waals surface area contributed by atoms with Crippen LogP contribution in [0.15, 0.2) is 48.5 Å². The minimum atomic E-state index is 0.552. The standard InChI is InChI=1S/C18H19NO2.C2H6O/c20-13-14-5-7-16(8-6-14)21-18-4-2-1-3-17(18)15-9-11-19-12-10-15;1-3-2/h1-8,13,15,19H,9-12H2;1-2H3. The van der Waals surface area contributed by atoms with E-state index in [1.165, 1.54) is 5.56 Å². The lowest BCUT2D eigenvalue weighted by Gasteiger charge is -2.24. The Hall–Kier alpha value is -2.17. The molecule has 1 fully saturated rings. The van der Waals surface area contributed by atoms with Crippen molar-refractivity contribution in [2.45, 2.75) is 18.8 Å². The number of hydrogen-bond donors (Lipinski definition) is 1. The van der Waals surface area contributed by atoms with Crippen molar-refractivity contribution in [2.75, 3.05) is 27.3 Å². The summed E-state index contributed by atoms with van der Waals surface area (Å²) >= 11 is 0. The average Bonchev–Trinajstić information content (AvgIpc) is 2.64. The van der Waals surface area contributed by atoms with Gasteiger partial charge < -0.3 is 14.8 Å². The molecular weight excluding hydrogens is 302 g/mol. The third kappa shape index (κ3) is 5.18. The minimum Gasteiger partial charge on any atom is -0.457 e. The number of piperidine rings is 1. The first-order valence-electron chi connectivity index (χ1n) is 8.21. The van der Waals surface area contributed by atoms with Crippen LogP contribution in [0.4, 0.5) is 0 Å². The maximum atomic E-state index is 10.7. The second-order valence-electron chi connectivity index (χ2n) is 5.76. The summed E-state index contributed by atoms with van der Waals surface area (Å²) in [6.07, 6.45) is 3.13. The third-order valence-corrected chi connectivity index (χ3v) is 3.94. The number of rotatable bonds is 4. The smallest absolute Gasteiger partial charge is 0.150 e. The average molecular weight is 327 g/mol. The Morgan fingerprint density at radius 1 is 1.00 bits per heavy atom. The van der Waals surface area contributed by atoms with Crippen molar-refractivity contribution in [2.24, 2.45) is 0 Å². The largest absolute Gasteiger partial charge is 0.457 e. The van der Waals surface area contributed by atoms with E-state index in [9.17, 15) is 4.79 Å². The summed E-state index contributed by atoms with van der Waals surface area (Å²) < 4.78 is 10.3. The van der Waals surface area contributed by atoms with Gasteiger partial charge in [-0.1, -0.05) is 18.2 Å². The second kappa shape index (κ2) is 9.85. The number of ether oxygens (including phenoxy) is 2. The Morgan fingerprint density at radius 3 is 2.25 bits per heavy atom. The van der Waals surface area contributed by atoms with Crippen LogP contribution >= 0.6 is 0 Å². The van der Waals surface area contributed by atoms with Crippen molar-refractivity contribution in [1.29, 1.82) is 0 Å². The molecule has 0 amide bonds. The van der Waals surface area contributed by atoms with E-state index in [-0.39, 0.29) is 0 Å². The molecule has 0 spiro atoms. The van der Waals surface area contributed by atoms with Crippen LogP contribution in [0.5, 0.6) is 11.5 Å². The Labute approximate surface area is 143 Å². The van der Waals surface area contributed by atoms with Crippen LogP contribution in [-0.4, -0.2) is 33.6 Å². The number of carbonyl (C=O) groups is 1. The first kappa shape index (κ1) is 18.2. The monoisotopic (exact) mass is 327 g/mol. The number of hydrogen-bond acceptors (Lipinski definition) is 4. The van der Waals surface area contributed by atoms with Crippen LogP contribution in [0.25, 0.3) is 0 Å². The molecule has 2 aromatic carbocycles. The van der Waals surface area contributed by atoms with E-state index in [1.54, 1.807) is 26.4 Å². The highest BCUT2D eigenvalue weighted by Gasteiger charge is 2.18. The van der Waals surface area contributed by atoms with Crippen LogP contribution in [0.1, 0.15) is 34.7 Å². The van der Waals surface area contributed by atoms with Gasteiger partial charge in [0.05, 0.1) is 0 Å². The number of carbonyl (C=O) groups excluding carboxylic acids is 1. The molecule has 1 heterocycles. The molecule has 1 N–H and O–H groups in total. The van der Waals surface area contributed by atoms with Gasteiger partial charge in [-0.25, -0.2) is 0 Å². The summed E-state index contributed by atoms with van der Waals surface area (Å²) in [6.45, 7) is 2.13. The first-order valence-corrected chi connectivity index (χ1v) is 8.21. The number of para-hydroxylation sites is 1. The van der Waals surface area contributed by atoms with Gasteiger partial charge in [0.15, 0.2) is 0 Å². The Balaban J connectivity index is 0.000000647. The molecule has 128 valence electrons.